The number of allylic oxidation sites excluding steroid dienone is 4. The second kappa shape index (κ2) is 24.3. The zero-order valence-corrected chi connectivity index (χ0v) is 38.5. The van der Waals surface area contributed by atoms with Crippen LogP contribution in [0.5, 0.6) is 11.5 Å². The highest BCUT2D eigenvalue weighted by Crippen LogP contribution is 2.33. The summed E-state index contributed by atoms with van der Waals surface area (Å²) in [6.07, 6.45) is 10.8. The van der Waals surface area contributed by atoms with E-state index in [-0.39, 0.29) is 71.2 Å². The highest BCUT2D eigenvalue weighted by atomic mass is 16.5. The highest BCUT2D eigenvalue weighted by molar-refractivity contribution is 6.47. The van der Waals surface area contributed by atoms with Crippen LogP contribution in [0.15, 0.2) is 82.1 Å². The zero-order chi connectivity index (χ0) is 48.5. The van der Waals surface area contributed by atoms with Gasteiger partial charge in [-0.25, -0.2) is 9.97 Å². The third-order valence-electron chi connectivity index (χ3n) is 9.75. The quantitative estimate of drug-likeness (QED) is 0.0318. The van der Waals surface area contributed by atoms with E-state index in [1.807, 2.05) is 14.0 Å². The fourth-order valence-corrected chi connectivity index (χ4v) is 6.45. The maximum atomic E-state index is 13.7. The maximum Gasteiger partial charge on any atom is 0.276 e. The molecule has 21 nitrogen and oxygen atoms in total. The minimum atomic E-state index is -0.729. The van der Waals surface area contributed by atoms with E-state index in [1.165, 1.54) is 43.5 Å². The predicted octanol–water partition coefficient (Wildman–Crippen LogP) is 2.72. The molecule has 352 valence electrons. The Morgan fingerprint density at radius 1 is 0.727 bits per heavy atom. The normalized spacial score (nSPS) is 12.7. The lowest BCUT2D eigenvalue weighted by molar-refractivity contribution is -0.118. The smallest absolute Gasteiger partial charge is 0.276 e. The number of nitrogens with one attached hydrogen (secondary N) is 2. The van der Waals surface area contributed by atoms with Crippen molar-refractivity contribution >= 4 is 75.4 Å². The van der Waals surface area contributed by atoms with Crippen LogP contribution in [-0.2, 0) is 27.5 Å². The number of ether oxygens (including phenoxy) is 2. The van der Waals surface area contributed by atoms with E-state index >= 15 is 0 Å². The first-order valence-corrected chi connectivity index (χ1v) is 21.2. The Bertz CT molecular complexity index is 2610. The Labute approximate surface area is 382 Å². The lowest BCUT2D eigenvalue weighted by Crippen LogP contribution is -2.32. The minimum absolute atomic E-state index is 0.0439. The lowest BCUT2D eigenvalue weighted by Gasteiger charge is -2.19. The fourth-order valence-electron chi connectivity index (χ4n) is 6.45. The molecule has 0 aliphatic rings. The number of rotatable bonds is 25. The van der Waals surface area contributed by atoms with E-state index in [2.05, 4.69) is 30.5 Å². The van der Waals surface area contributed by atoms with Crippen LogP contribution < -0.4 is 43.0 Å². The number of anilines is 2. The van der Waals surface area contributed by atoms with Crippen LogP contribution in [0.3, 0.4) is 0 Å². The van der Waals surface area contributed by atoms with Gasteiger partial charge in [-0.15, -0.1) is 0 Å². The lowest BCUT2D eigenvalue weighted by atomic mass is 10.1. The molecule has 21 heteroatoms. The summed E-state index contributed by atoms with van der Waals surface area (Å²) in [6, 6.07) is 5.96. The van der Waals surface area contributed by atoms with Gasteiger partial charge in [-0.3, -0.25) is 44.6 Å². The van der Waals surface area contributed by atoms with E-state index in [1.54, 1.807) is 66.0 Å². The van der Waals surface area contributed by atoms with Gasteiger partial charge in [0, 0.05) is 68.3 Å². The number of fused-ring (bicyclic) bond motifs is 2. The van der Waals surface area contributed by atoms with Crippen LogP contribution in [0.25, 0.3) is 22.1 Å². The summed E-state index contributed by atoms with van der Waals surface area (Å²) in [5.74, 6) is -1.91. The molecule has 4 rings (SSSR count). The summed E-state index contributed by atoms with van der Waals surface area (Å²) in [6.45, 7) is 12.2. The number of carbonyl (C=O) groups is 5. The molecule has 66 heavy (non-hydrogen) atoms. The number of methoxy groups -OCH3 is 1. The number of likely N-dealkylation sites (N-methyl/N-ethyl adjacent to an activating group) is 1. The number of imidazole rings is 2. The Kier molecular flexibility index (Phi) is 18.7. The van der Waals surface area contributed by atoms with Crippen molar-refractivity contribution < 1.29 is 33.4 Å². The molecule has 5 amide bonds. The molecule has 0 fully saturated rings. The zero-order valence-electron chi connectivity index (χ0n) is 38.5. The summed E-state index contributed by atoms with van der Waals surface area (Å²) in [4.78, 5) is 85.4. The molecule has 0 bridgehead atoms. The van der Waals surface area contributed by atoms with Crippen molar-refractivity contribution in [3.8, 4) is 11.5 Å². The van der Waals surface area contributed by atoms with Crippen LogP contribution in [0.4, 0.5) is 11.9 Å². The third kappa shape index (κ3) is 13.6. The van der Waals surface area contributed by atoms with Gasteiger partial charge in [0.2, 0.25) is 30.1 Å². The first-order chi connectivity index (χ1) is 31.5. The van der Waals surface area contributed by atoms with Gasteiger partial charge in [-0.05, 0) is 83.8 Å². The summed E-state index contributed by atoms with van der Waals surface area (Å²) in [5, 5.41) is 5.65. The van der Waals surface area contributed by atoms with Gasteiger partial charge < -0.3 is 51.3 Å². The van der Waals surface area contributed by atoms with Gasteiger partial charge >= 0.3 is 0 Å². The largest absolute Gasteiger partial charge is 0.494 e. The summed E-state index contributed by atoms with van der Waals surface area (Å²) >= 11 is 0. The van der Waals surface area contributed by atoms with Gasteiger partial charge in [-0.2, -0.15) is 0 Å². The first-order valence-electron chi connectivity index (χ1n) is 21.2. The summed E-state index contributed by atoms with van der Waals surface area (Å²) in [7, 11) is 3.41. The van der Waals surface area contributed by atoms with Crippen molar-refractivity contribution in [2.75, 3.05) is 70.7 Å². The average molecular weight is 909 g/mol. The molecule has 0 unspecified atom stereocenters. The van der Waals surface area contributed by atoms with Crippen LogP contribution >= 0.6 is 0 Å². The van der Waals surface area contributed by atoms with Crippen molar-refractivity contribution in [2.24, 2.45) is 32.9 Å². The van der Waals surface area contributed by atoms with Crippen LogP contribution in [0, 0.1) is 0 Å². The molecule has 10 N–H and O–H groups in total. The number of aromatic nitrogens is 4. The van der Waals surface area contributed by atoms with Crippen molar-refractivity contribution in [1.82, 2.24) is 28.9 Å². The fraction of sp³-hybridized carbons (Fsp3) is 0.356. The van der Waals surface area contributed by atoms with E-state index in [4.69, 9.17) is 37.4 Å². The number of amides is 5. The number of nitrogens with zero attached hydrogens (tertiary/aromatic N) is 8. The third-order valence-corrected chi connectivity index (χ3v) is 9.75. The van der Waals surface area contributed by atoms with Crippen LogP contribution in [0.2, 0.25) is 0 Å². The van der Waals surface area contributed by atoms with E-state index in [9.17, 15) is 24.0 Å². The monoisotopic (exact) mass is 908 g/mol. The van der Waals surface area contributed by atoms with Crippen molar-refractivity contribution in [2.45, 2.75) is 47.7 Å². The standard InChI is InChI=1S/C45H60N14O7/c1-8-50-34(21-28(4)46)42(63)54-44-52-32-23-30(40(48)61)25-36(65-7)38(32)58(44)16-11-12-17-59-39-33(53-45(59)55-43(64)35(51-9-2)22-29(5)47)24-31(41(49)62)26-37(39)66-20-14-13-15-57(27-60)19-18-56(6)10-3/h11-14,21-27H,8-10,15-20,46-47H2,1-7H3,(H2,48,61)(H2,49,62)(H,52,54,63)(H,53,55,64)/b12-11+,14-13-,28-21-,29-22-,50-34?,51-35?. The number of hydrogen-bond acceptors (Lipinski definition) is 14. The van der Waals surface area contributed by atoms with Crippen molar-refractivity contribution in [1.29, 1.82) is 0 Å². The molecule has 4 aromatic rings. The van der Waals surface area contributed by atoms with Crippen LogP contribution in [-0.4, -0.2) is 130 Å². The average Bonchev–Trinajstić information content (AvgIpc) is 3.80. The van der Waals surface area contributed by atoms with Crippen molar-refractivity contribution in [3.63, 3.8) is 0 Å². The second-order valence-electron chi connectivity index (χ2n) is 14.9. The highest BCUT2D eigenvalue weighted by Gasteiger charge is 2.23. The molecule has 0 saturated carbocycles. The second-order valence-corrected chi connectivity index (χ2v) is 14.9. The Hall–Kier alpha value is -7.81. The van der Waals surface area contributed by atoms with E-state index < -0.39 is 23.6 Å². The molecule has 0 aliphatic carbocycles. The number of nitrogens with two attached hydrogens (primary N) is 4. The van der Waals surface area contributed by atoms with Gasteiger partial charge in [0.1, 0.15) is 40.6 Å². The number of benzene rings is 2. The number of aliphatic imine (C=N–C) groups is 2. The predicted molar refractivity (Wildman–Crippen MR) is 257 cm³/mol. The Morgan fingerprint density at radius 2 is 1.21 bits per heavy atom. The van der Waals surface area contributed by atoms with Gasteiger partial charge in [0.15, 0.2) is 0 Å². The van der Waals surface area contributed by atoms with Gasteiger partial charge in [-0.1, -0.05) is 25.2 Å². The van der Waals surface area contributed by atoms with Crippen molar-refractivity contribution in [3.05, 3.63) is 83.2 Å². The minimum Gasteiger partial charge on any atom is -0.494 e. The molecule has 0 spiro atoms. The molecule has 2 heterocycles. The summed E-state index contributed by atoms with van der Waals surface area (Å²) in [5.41, 5.74) is 25.8. The molecule has 0 saturated heterocycles. The molecular formula is C45H60N14O7. The Balaban J connectivity index is 1.81. The molecule has 0 atom stereocenters. The number of carbonyl (C=O) groups excluding carboxylic acids is 5. The summed E-state index contributed by atoms with van der Waals surface area (Å²) < 4.78 is 15.3. The molecule has 0 aliphatic heterocycles. The molecule has 0 radical (unpaired) electrons. The van der Waals surface area contributed by atoms with E-state index in [0.29, 0.717) is 60.7 Å². The maximum absolute atomic E-state index is 13.7. The van der Waals surface area contributed by atoms with Crippen LogP contribution in [0.1, 0.15) is 55.3 Å². The van der Waals surface area contributed by atoms with Gasteiger partial charge in [0.25, 0.3) is 11.8 Å². The number of primary amides is 2. The number of hydrogen-bond donors (Lipinski definition) is 6. The van der Waals surface area contributed by atoms with Gasteiger partial charge in [0.05, 0.1) is 18.1 Å². The molecule has 2 aromatic carbocycles. The Morgan fingerprint density at radius 3 is 1.64 bits per heavy atom. The molecule has 2 aromatic heterocycles. The van der Waals surface area contributed by atoms with E-state index in [0.717, 1.165) is 13.0 Å². The topological polar surface area (TPSA) is 299 Å². The first kappa shape index (κ1) is 50.8. The molecular weight excluding hydrogens is 849 g/mol. The SMILES string of the molecule is CCN=C(/C=C(/C)N)C(=O)Nc1nc2cc(C(N)=O)cc(OC)c2n1C/C=C/Cn1c(NC(=O)C(/C=C(/C)N)=NCC)nc2cc(C(N)=O)cc(OC/C=C\CN(C=O)CCN(C)CC)c21.